The lowest BCUT2D eigenvalue weighted by atomic mass is 9.98. The summed E-state index contributed by atoms with van der Waals surface area (Å²) in [5, 5.41) is 0. The average molecular weight is 348 g/mol. The van der Waals surface area contributed by atoms with Crippen molar-refractivity contribution >= 4 is 18.0 Å². The summed E-state index contributed by atoms with van der Waals surface area (Å²) in [5.41, 5.74) is 1.95. The first-order chi connectivity index (χ1) is 11.8. The zero-order valence-corrected chi connectivity index (χ0v) is 14.8. The molecule has 25 heavy (non-hydrogen) atoms. The van der Waals surface area contributed by atoms with Crippen LogP contribution in [0, 0.1) is 5.92 Å². The number of piperidine rings is 1. The van der Waals surface area contributed by atoms with Crippen LogP contribution in [0.25, 0.3) is 0 Å². The lowest BCUT2D eigenvalue weighted by Gasteiger charge is -2.33. The quantitative estimate of drug-likeness (QED) is 0.830. The van der Waals surface area contributed by atoms with Crippen molar-refractivity contribution in [1.29, 1.82) is 0 Å². The van der Waals surface area contributed by atoms with Gasteiger partial charge in [0.2, 0.25) is 0 Å². The van der Waals surface area contributed by atoms with Crippen molar-refractivity contribution in [1.82, 2.24) is 10.4 Å². The first-order valence-electron chi connectivity index (χ1n) is 8.30. The Morgan fingerprint density at radius 2 is 1.84 bits per heavy atom. The van der Waals surface area contributed by atoms with Gasteiger partial charge in [0.15, 0.2) is 0 Å². The third kappa shape index (κ3) is 5.77. The fourth-order valence-electron chi connectivity index (χ4n) is 2.50. The van der Waals surface area contributed by atoms with Gasteiger partial charge in [0, 0.05) is 13.1 Å². The molecule has 1 aromatic carbocycles. The molecule has 0 saturated carbocycles. The lowest BCUT2D eigenvalue weighted by molar-refractivity contribution is -0.135. The number of carbonyl (C=O) groups excluding carboxylic acids is 3. The third-order valence-corrected chi connectivity index (χ3v) is 3.70. The van der Waals surface area contributed by atoms with Crippen LogP contribution in [0.2, 0.25) is 0 Å². The van der Waals surface area contributed by atoms with Crippen LogP contribution < -0.4 is 5.48 Å². The first kappa shape index (κ1) is 18.8. The van der Waals surface area contributed by atoms with Crippen LogP contribution in [0.4, 0.5) is 4.79 Å². The number of hydrogen-bond acceptors (Lipinski definition) is 5. The van der Waals surface area contributed by atoms with E-state index in [2.05, 4.69) is 5.48 Å². The fourth-order valence-corrected chi connectivity index (χ4v) is 2.50. The molecule has 1 unspecified atom stereocenters. The van der Waals surface area contributed by atoms with E-state index in [0.29, 0.717) is 24.9 Å². The number of ether oxygens (including phenoxy) is 1. The van der Waals surface area contributed by atoms with Gasteiger partial charge in [-0.15, -0.1) is 0 Å². The molecule has 1 aliphatic heterocycles. The van der Waals surface area contributed by atoms with Gasteiger partial charge in [-0.25, -0.2) is 9.59 Å². The Balaban J connectivity index is 1.85. The number of nitrogens with zero attached hydrogens (tertiary/aromatic N) is 1. The van der Waals surface area contributed by atoms with Crippen LogP contribution in [-0.2, 0) is 14.4 Å². The van der Waals surface area contributed by atoms with Crippen LogP contribution in [0.15, 0.2) is 30.3 Å². The van der Waals surface area contributed by atoms with Gasteiger partial charge in [-0.1, -0.05) is 18.2 Å². The summed E-state index contributed by atoms with van der Waals surface area (Å²) in [5.74, 6) is -1.49. The monoisotopic (exact) mass is 348 g/mol. The molecular weight excluding hydrogens is 324 g/mol. The van der Waals surface area contributed by atoms with Crippen molar-refractivity contribution in [3.8, 4) is 0 Å². The van der Waals surface area contributed by atoms with Crippen molar-refractivity contribution < 1.29 is 24.0 Å². The van der Waals surface area contributed by atoms with Crippen LogP contribution in [0.3, 0.4) is 0 Å². The van der Waals surface area contributed by atoms with Crippen molar-refractivity contribution in [2.45, 2.75) is 39.2 Å². The highest BCUT2D eigenvalue weighted by molar-refractivity contribution is 5.90. The summed E-state index contributed by atoms with van der Waals surface area (Å²) in [7, 11) is 0. The molecule has 1 aromatic rings. The van der Waals surface area contributed by atoms with E-state index in [4.69, 9.17) is 9.57 Å². The normalized spacial score (nSPS) is 17.6. The number of carbonyl (C=O) groups is 3. The number of hydrogen-bond donors (Lipinski definition) is 1. The summed E-state index contributed by atoms with van der Waals surface area (Å²) >= 11 is 0. The number of hydroxylamine groups is 1. The Kier molecular flexibility index (Phi) is 6.01. The zero-order chi connectivity index (χ0) is 18.4. The molecule has 1 heterocycles. The van der Waals surface area contributed by atoms with Gasteiger partial charge in [-0.05, 0) is 45.7 Å². The topological polar surface area (TPSA) is 84.9 Å². The molecule has 2 amide bonds. The standard InChI is InChI=1S/C18H24N2O5/c1-18(2,3)24-17(23)20-11-7-10-14(12-20)15(21)19-25-16(22)13-8-5-4-6-9-13/h4-6,8-9,14H,7,10-12H2,1-3H3,(H,19,21). The number of amides is 2. The van der Waals surface area contributed by atoms with E-state index in [1.807, 2.05) is 0 Å². The number of likely N-dealkylation sites (tertiary alicyclic amines) is 1. The van der Waals surface area contributed by atoms with Crippen LogP contribution in [-0.4, -0.2) is 41.6 Å². The number of benzene rings is 1. The molecule has 0 radical (unpaired) electrons. The van der Waals surface area contributed by atoms with E-state index in [-0.39, 0.29) is 6.54 Å². The smallest absolute Gasteiger partial charge is 0.410 e. The van der Waals surface area contributed by atoms with E-state index in [0.717, 1.165) is 0 Å². The summed E-state index contributed by atoms with van der Waals surface area (Å²) in [4.78, 5) is 42.5. The second-order valence-corrected chi connectivity index (χ2v) is 6.99. The van der Waals surface area contributed by atoms with E-state index in [1.165, 1.54) is 4.90 Å². The fraction of sp³-hybridized carbons (Fsp3) is 0.500. The van der Waals surface area contributed by atoms with Crippen molar-refractivity contribution in [3.63, 3.8) is 0 Å². The van der Waals surface area contributed by atoms with Crippen molar-refractivity contribution in [3.05, 3.63) is 35.9 Å². The van der Waals surface area contributed by atoms with Gasteiger partial charge >= 0.3 is 12.1 Å². The Morgan fingerprint density at radius 1 is 1.16 bits per heavy atom. The molecule has 0 bridgehead atoms. The van der Waals surface area contributed by atoms with E-state index >= 15 is 0 Å². The summed E-state index contributed by atoms with van der Waals surface area (Å²) in [6, 6.07) is 8.39. The van der Waals surface area contributed by atoms with Gasteiger partial charge in [0.25, 0.3) is 5.91 Å². The molecule has 7 nitrogen and oxygen atoms in total. The van der Waals surface area contributed by atoms with Crippen LogP contribution >= 0.6 is 0 Å². The molecule has 2 rings (SSSR count). The maximum Gasteiger partial charge on any atom is 0.410 e. The maximum absolute atomic E-state index is 12.2. The molecule has 136 valence electrons. The predicted octanol–water partition coefficient (Wildman–Crippen LogP) is 2.52. The first-order valence-corrected chi connectivity index (χ1v) is 8.30. The SMILES string of the molecule is CC(C)(C)OC(=O)N1CCCC(C(=O)NOC(=O)c2ccccc2)C1. The lowest BCUT2D eigenvalue weighted by Crippen LogP contribution is -2.47. The van der Waals surface area contributed by atoms with Crippen molar-refractivity contribution in [2.75, 3.05) is 13.1 Å². The molecule has 1 aliphatic rings. The molecule has 0 aromatic heterocycles. The van der Waals surface area contributed by atoms with Crippen LogP contribution in [0.5, 0.6) is 0 Å². The Morgan fingerprint density at radius 3 is 2.48 bits per heavy atom. The minimum Gasteiger partial charge on any atom is -0.444 e. The van der Waals surface area contributed by atoms with Gasteiger partial charge in [-0.3, -0.25) is 4.79 Å². The molecule has 7 heteroatoms. The highest BCUT2D eigenvalue weighted by Gasteiger charge is 2.31. The molecule has 0 spiro atoms. The van der Waals surface area contributed by atoms with Crippen molar-refractivity contribution in [2.24, 2.45) is 5.92 Å². The van der Waals surface area contributed by atoms with Gasteiger partial charge in [0.1, 0.15) is 5.60 Å². The van der Waals surface area contributed by atoms with Gasteiger partial charge in [-0.2, -0.15) is 5.48 Å². The molecule has 0 aliphatic carbocycles. The minimum atomic E-state index is -0.631. The second kappa shape index (κ2) is 8.00. The average Bonchev–Trinajstić information content (AvgIpc) is 2.58. The molecule has 1 N–H and O–H groups in total. The van der Waals surface area contributed by atoms with Crippen LogP contribution in [0.1, 0.15) is 44.0 Å². The Labute approximate surface area is 147 Å². The summed E-state index contributed by atoms with van der Waals surface area (Å²) in [6.07, 6.45) is 0.865. The summed E-state index contributed by atoms with van der Waals surface area (Å²) in [6.45, 7) is 6.17. The number of rotatable bonds is 2. The molecule has 1 fully saturated rings. The summed E-state index contributed by atoms with van der Waals surface area (Å²) < 4.78 is 5.33. The van der Waals surface area contributed by atoms with Gasteiger partial charge in [0.05, 0.1) is 11.5 Å². The Bertz CT molecular complexity index is 624. The Hall–Kier alpha value is -2.57. The zero-order valence-electron chi connectivity index (χ0n) is 14.8. The largest absolute Gasteiger partial charge is 0.444 e. The third-order valence-electron chi connectivity index (χ3n) is 3.70. The predicted molar refractivity (Wildman–Crippen MR) is 90.5 cm³/mol. The van der Waals surface area contributed by atoms with E-state index in [1.54, 1.807) is 51.1 Å². The molecule has 1 saturated heterocycles. The highest BCUT2D eigenvalue weighted by Crippen LogP contribution is 2.19. The second-order valence-electron chi connectivity index (χ2n) is 6.99. The minimum absolute atomic E-state index is 0.240. The maximum atomic E-state index is 12.2. The molecular formula is C18H24N2O5. The van der Waals surface area contributed by atoms with E-state index < -0.39 is 29.5 Å². The highest BCUT2D eigenvalue weighted by atomic mass is 16.7. The number of nitrogens with one attached hydrogen (secondary N) is 1. The van der Waals surface area contributed by atoms with Gasteiger partial charge < -0.3 is 14.5 Å². The molecule has 1 atom stereocenters. The van der Waals surface area contributed by atoms with E-state index in [9.17, 15) is 14.4 Å².